The van der Waals surface area contributed by atoms with Crippen molar-refractivity contribution in [2.75, 3.05) is 11.9 Å². The molecule has 7 heteroatoms. The van der Waals surface area contributed by atoms with E-state index in [2.05, 4.69) is 24.1 Å². The number of carbonyl (C=O) groups excluding carboxylic acids is 1. The lowest BCUT2D eigenvalue weighted by Gasteiger charge is -2.22. The van der Waals surface area contributed by atoms with E-state index in [-0.39, 0.29) is 29.3 Å². The molecule has 1 heterocycles. The summed E-state index contributed by atoms with van der Waals surface area (Å²) in [5, 5.41) is 2.94. The Hall–Kier alpha value is -2.25. The van der Waals surface area contributed by atoms with Gasteiger partial charge >= 0.3 is 0 Å². The predicted octanol–water partition coefficient (Wildman–Crippen LogP) is 3.31. The third-order valence-electron chi connectivity index (χ3n) is 4.69. The molecule has 0 bridgehead atoms. The van der Waals surface area contributed by atoms with Crippen LogP contribution in [0.3, 0.4) is 0 Å². The Bertz CT molecular complexity index is 923. The normalized spacial score (nSPS) is 14.6. The van der Waals surface area contributed by atoms with Crippen LogP contribution in [0.15, 0.2) is 47.6 Å². The van der Waals surface area contributed by atoms with Crippen molar-refractivity contribution in [3.63, 3.8) is 0 Å². The molecule has 1 N–H and O–H groups in total. The van der Waals surface area contributed by atoms with E-state index < -0.39 is 10.0 Å². The van der Waals surface area contributed by atoms with Crippen molar-refractivity contribution in [1.29, 1.82) is 0 Å². The molecule has 6 nitrogen and oxygen atoms in total. The average Bonchev–Trinajstić information content (AvgIpc) is 3.46. The molecule has 1 aliphatic rings. The van der Waals surface area contributed by atoms with Crippen molar-refractivity contribution in [2.24, 2.45) is 0 Å². The Morgan fingerprint density at radius 2 is 2.00 bits per heavy atom. The summed E-state index contributed by atoms with van der Waals surface area (Å²) >= 11 is 0. The number of sulfonamides is 1. The topological polar surface area (TPSA) is 79.4 Å². The number of pyridine rings is 1. The number of hydrogen-bond donors (Lipinski definition) is 1. The van der Waals surface area contributed by atoms with Gasteiger partial charge in [0.1, 0.15) is 4.90 Å². The zero-order valence-electron chi connectivity index (χ0n) is 15.8. The van der Waals surface area contributed by atoms with Gasteiger partial charge in [-0.15, -0.1) is 0 Å². The Balaban J connectivity index is 1.82. The molecule has 0 unspecified atom stereocenters. The molecule has 3 rings (SSSR count). The van der Waals surface area contributed by atoms with Gasteiger partial charge in [-0.1, -0.05) is 32.0 Å². The summed E-state index contributed by atoms with van der Waals surface area (Å²) in [6, 6.07) is 8.85. The Labute approximate surface area is 160 Å². The zero-order valence-corrected chi connectivity index (χ0v) is 16.7. The van der Waals surface area contributed by atoms with Gasteiger partial charge in [0.05, 0.1) is 6.54 Å². The standard InChI is InChI=1S/C20H25N3O3S/c1-14(2)18-8-4-6-15(3)20(18)22-19(24)13-23(16-9-10-16)27(25,26)17-7-5-11-21-12-17/h4-8,11-12,14,16H,9-10,13H2,1-3H3,(H,22,24). The minimum absolute atomic E-state index is 0.114. The molecule has 144 valence electrons. The first-order chi connectivity index (χ1) is 12.8. The number of aryl methyl sites for hydroxylation is 1. The number of amides is 1. The SMILES string of the molecule is Cc1cccc(C(C)C)c1NC(=O)CN(C1CC1)S(=O)(=O)c1cccnc1. The first kappa shape index (κ1) is 19.5. The molecule has 1 fully saturated rings. The van der Waals surface area contributed by atoms with Gasteiger partial charge in [0.25, 0.3) is 0 Å². The van der Waals surface area contributed by atoms with E-state index in [4.69, 9.17) is 0 Å². The monoisotopic (exact) mass is 387 g/mol. The van der Waals surface area contributed by atoms with Crippen LogP contribution in [-0.4, -0.2) is 36.2 Å². The van der Waals surface area contributed by atoms with Crippen LogP contribution >= 0.6 is 0 Å². The van der Waals surface area contributed by atoms with Gasteiger partial charge in [0, 0.05) is 24.1 Å². The van der Waals surface area contributed by atoms with E-state index in [1.54, 1.807) is 6.07 Å². The second-order valence-electron chi connectivity index (χ2n) is 7.21. The fourth-order valence-corrected chi connectivity index (χ4v) is 4.68. The van der Waals surface area contributed by atoms with Gasteiger partial charge in [0.15, 0.2) is 0 Å². The van der Waals surface area contributed by atoms with E-state index in [0.29, 0.717) is 0 Å². The molecular formula is C20H25N3O3S. The Morgan fingerprint density at radius 3 is 2.59 bits per heavy atom. The molecule has 2 aromatic rings. The predicted molar refractivity (Wildman–Crippen MR) is 105 cm³/mol. The van der Waals surface area contributed by atoms with Gasteiger partial charge in [-0.05, 0) is 48.9 Å². The fourth-order valence-electron chi connectivity index (χ4n) is 3.07. The van der Waals surface area contributed by atoms with E-state index in [1.807, 2.05) is 25.1 Å². The van der Waals surface area contributed by atoms with Crippen LogP contribution in [0.1, 0.15) is 43.7 Å². The molecule has 1 saturated carbocycles. The lowest BCUT2D eigenvalue weighted by atomic mass is 9.98. The molecule has 0 atom stereocenters. The molecule has 0 radical (unpaired) electrons. The van der Waals surface area contributed by atoms with Crippen molar-refractivity contribution in [3.05, 3.63) is 53.9 Å². The lowest BCUT2D eigenvalue weighted by Crippen LogP contribution is -2.39. The summed E-state index contributed by atoms with van der Waals surface area (Å²) in [7, 11) is -3.75. The molecule has 27 heavy (non-hydrogen) atoms. The summed E-state index contributed by atoms with van der Waals surface area (Å²) in [4.78, 5) is 16.7. The second kappa shape index (κ2) is 7.78. The molecule has 1 aromatic heterocycles. The minimum Gasteiger partial charge on any atom is -0.324 e. The quantitative estimate of drug-likeness (QED) is 0.790. The summed E-state index contributed by atoms with van der Waals surface area (Å²) in [6.07, 6.45) is 4.39. The van der Waals surface area contributed by atoms with E-state index >= 15 is 0 Å². The first-order valence-corrected chi connectivity index (χ1v) is 10.6. The number of aromatic nitrogens is 1. The number of rotatable bonds is 7. The van der Waals surface area contributed by atoms with Gasteiger partial charge in [-0.3, -0.25) is 9.78 Å². The summed E-state index contributed by atoms with van der Waals surface area (Å²) in [5.41, 5.74) is 2.77. The number of benzene rings is 1. The highest BCUT2D eigenvalue weighted by atomic mass is 32.2. The maximum atomic E-state index is 12.9. The van der Waals surface area contributed by atoms with Crippen LogP contribution in [0.5, 0.6) is 0 Å². The number of hydrogen-bond acceptors (Lipinski definition) is 4. The maximum Gasteiger partial charge on any atom is 0.245 e. The first-order valence-electron chi connectivity index (χ1n) is 9.12. The van der Waals surface area contributed by atoms with Crippen LogP contribution in [0.25, 0.3) is 0 Å². The fraction of sp³-hybridized carbons (Fsp3) is 0.400. The van der Waals surface area contributed by atoms with Crippen LogP contribution in [0, 0.1) is 6.92 Å². The van der Waals surface area contributed by atoms with Crippen LogP contribution in [-0.2, 0) is 14.8 Å². The number of anilines is 1. The van der Waals surface area contributed by atoms with Crippen LogP contribution < -0.4 is 5.32 Å². The van der Waals surface area contributed by atoms with E-state index in [0.717, 1.165) is 29.7 Å². The zero-order chi connectivity index (χ0) is 19.6. The highest BCUT2D eigenvalue weighted by Gasteiger charge is 2.39. The Kier molecular flexibility index (Phi) is 5.62. The number of para-hydroxylation sites is 1. The average molecular weight is 388 g/mol. The number of carbonyl (C=O) groups is 1. The van der Waals surface area contributed by atoms with Crippen LogP contribution in [0.4, 0.5) is 5.69 Å². The van der Waals surface area contributed by atoms with Gasteiger partial charge in [-0.2, -0.15) is 4.31 Å². The van der Waals surface area contributed by atoms with Crippen molar-refractivity contribution >= 4 is 21.6 Å². The molecule has 0 spiro atoms. The van der Waals surface area contributed by atoms with Gasteiger partial charge in [0.2, 0.25) is 15.9 Å². The molecule has 0 saturated heterocycles. The third kappa shape index (κ3) is 4.36. The lowest BCUT2D eigenvalue weighted by molar-refractivity contribution is -0.116. The van der Waals surface area contributed by atoms with E-state index in [1.165, 1.54) is 22.8 Å². The molecular weight excluding hydrogens is 362 g/mol. The summed E-state index contributed by atoms with van der Waals surface area (Å²) < 4.78 is 27.2. The van der Waals surface area contributed by atoms with Crippen molar-refractivity contribution < 1.29 is 13.2 Å². The highest BCUT2D eigenvalue weighted by molar-refractivity contribution is 7.89. The summed E-state index contributed by atoms with van der Waals surface area (Å²) in [5.74, 6) is -0.0792. The highest BCUT2D eigenvalue weighted by Crippen LogP contribution is 2.32. The van der Waals surface area contributed by atoms with Crippen LogP contribution in [0.2, 0.25) is 0 Å². The van der Waals surface area contributed by atoms with Crippen molar-refractivity contribution in [1.82, 2.24) is 9.29 Å². The number of nitrogens with zero attached hydrogens (tertiary/aromatic N) is 2. The smallest absolute Gasteiger partial charge is 0.245 e. The third-order valence-corrected chi connectivity index (χ3v) is 6.57. The maximum absolute atomic E-state index is 12.9. The van der Waals surface area contributed by atoms with Crippen molar-refractivity contribution in [2.45, 2.75) is 50.5 Å². The minimum atomic E-state index is -3.75. The van der Waals surface area contributed by atoms with Gasteiger partial charge < -0.3 is 5.32 Å². The molecule has 0 aliphatic heterocycles. The van der Waals surface area contributed by atoms with E-state index in [9.17, 15) is 13.2 Å². The summed E-state index contributed by atoms with van der Waals surface area (Å²) in [6.45, 7) is 5.86. The Morgan fingerprint density at radius 1 is 1.26 bits per heavy atom. The second-order valence-corrected chi connectivity index (χ2v) is 9.10. The largest absolute Gasteiger partial charge is 0.324 e. The molecule has 1 aromatic carbocycles. The molecule has 1 aliphatic carbocycles. The van der Waals surface area contributed by atoms with Gasteiger partial charge in [-0.25, -0.2) is 8.42 Å². The van der Waals surface area contributed by atoms with Crippen molar-refractivity contribution in [3.8, 4) is 0 Å². The number of nitrogens with one attached hydrogen (secondary N) is 1. The molecule has 1 amide bonds.